The normalized spacial score (nSPS) is 15.2. The summed E-state index contributed by atoms with van der Waals surface area (Å²) in [6.07, 6.45) is 2.03. The summed E-state index contributed by atoms with van der Waals surface area (Å²) in [5.41, 5.74) is 6.61. The lowest BCUT2D eigenvalue weighted by Gasteiger charge is -2.25. The zero-order valence-corrected chi connectivity index (χ0v) is 12.0. The minimum atomic E-state index is -0.285. The van der Waals surface area contributed by atoms with Crippen LogP contribution < -0.4 is 16.0 Å². The summed E-state index contributed by atoms with van der Waals surface area (Å²) in [6, 6.07) is 10.7. The van der Waals surface area contributed by atoms with E-state index in [4.69, 9.17) is 10.6 Å². The first-order valence-corrected chi connectivity index (χ1v) is 7.17. The highest BCUT2D eigenvalue weighted by Crippen LogP contribution is 2.35. The van der Waals surface area contributed by atoms with Crippen LogP contribution in [0.25, 0.3) is 0 Å². The fourth-order valence-corrected chi connectivity index (χ4v) is 2.94. The largest absolute Gasteiger partial charge is 0.493 e. The van der Waals surface area contributed by atoms with E-state index in [9.17, 15) is 4.39 Å². The highest BCUT2D eigenvalue weighted by Gasteiger charge is 2.22. The molecule has 2 aromatic rings. The third kappa shape index (κ3) is 2.77. The molecule has 0 saturated carbocycles. The monoisotopic (exact) mass is 286 g/mol. The van der Waals surface area contributed by atoms with Crippen LogP contribution in [0.1, 0.15) is 34.7 Å². The minimum absolute atomic E-state index is 0.254. The Labute approximate surface area is 123 Å². The van der Waals surface area contributed by atoms with Crippen molar-refractivity contribution in [2.75, 3.05) is 6.61 Å². The number of nitrogens with one attached hydrogen (secondary N) is 1. The van der Waals surface area contributed by atoms with Crippen LogP contribution in [-0.4, -0.2) is 6.61 Å². The van der Waals surface area contributed by atoms with Crippen molar-refractivity contribution in [3.8, 4) is 5.75 Å². The van der Waals surface area contributed by atoms with Crippen LogP contribution in [0.4, 0.5) is 4.39 Å². The van der Waals surface area contributed by atoms with Gasteiger partial charge in [-0.05, 0) is 48.6 Å². The van der Waals surface area contributed by atoms with Gasteiger partial charge in [-0.15, -0.1) is 0 Å². The van der Waals surface area contributed by atoms with E-state index in [1.165, 1.54) is 17.7 Å². The van der Waals surface area contributed by atoms with Crippen molar-refractivity contribution in [3.05, 3.63) is 64.5 Å². The molecule has 0 amide bonds. The lowest BCUT2D eigenvalue weighted by Crippen LogP contribution is -2.30. The Hall–Kier alpha value is -1.91. The number of hydrogen-bond acceptors (Lipinski definition) is 3. The van der Waals surface area contributed by atoms with E-state index in [0.29, 0.717) is 6.61 Å². The van der Waals surface area contributed by atoms with Gasteiger partial charge in [0.25, 0.3) is 0 Å². The van der Waals surface area contributed by atoms with E-state index in [-0.39, 0.29) is 11.9 Å². The summed E-state index contributed by atoms with van der Waals surface area (Å²) in [5.74, 6) is 6.37. The third-order valence-corrected chi connectivity index (χ3v) is 3.84. The van der Waals surface area contributed by atoms with Gasteiger partial charge < -0.3 is 4.74 Å². The molecule has 0 aromatic heterocycles. The maximum absolute atomic E-state index is 13.7. The number of benzene rings is 2. The summed E-state index contributed by atoms with van der Waals surface area (Å²) < 4.78 is 19.5. The smallest absolute Gasteiger partial charge is 0.127 e. The average molecular weight is 286 g/mol. The van der Waals surface area contributed by atoms with Crippen LogP contribution in [0.3, 0.4) is 0 Å². The third-order valence-electron chi connectivity index (χ3n) is 3.84. The van der Waals surface area contributed by atoms with Gasteiger partial charge in [-0.2, -0.15) is 0 Å². The molecule has 0 fully saturated rings. The van der Waals surface area contributed by atoms with Gasteiger partial charge in [0.15, 0.2) is 0 Å². The Kier molecular flexibility index (Phi) is 3.90. The number of rotatable bonds is 3. The number of hydrazine groups is 1. The molecule has 3 rings (SSSR count). The molecule has 3 nitrogen and oxygen atoms in total. The maximum Gasteiger partial charge on any atom is 0.127 e. The zero-order valence-electron chi connectivity index (χ0n) is 12.0. The standard InChI is InChI=1S/C17H19FN2O/c1-11-8-13(10-14(18)9-11)16(20-19)15-6-2-4-12-5-3-7-21-17(12)15/h2,4,6,8-10,16,20H,3,5,7,19H2,1H3. The van der Waals surface area contributed by atoms with Crippen LogP contribution in [0.15, 0.2) is 36.4 Å². The van der Waals surface area contributed by atoms with E-state index < -0.39 is 0 Å². The second-order valence-electron chi connectivity index (χ2n) is 5.45. The molecular formula is C17H19FN2O. The summed E-state index contributed by atoms with van der Waals surface area (Å²) in [5, 5.41) is 0. The van der Waals surface area contributed by atoms with Gasteiger partial charge in [-0.1, -0.05) is 24.3 Å². The number of halogens is 1. The Morgan fingerprint density at radius 2 is 2.14 bits per heavy atom. The van der Waals surface area contributed by atoms with Gasteiger partial charge >= 0.3 is 0 Å². The molecular weight excluding hydrogens is 267 g/mol. The molecule has 0 radical (unpaired) electrons. The Balaban J connectivity index is 2.08. The number of para-hydroxylation sites is 1. The van der Waals surface area contributed by atoms with E-state index >= 15 is 0 Å². The lowest BCUT2D eigenvalue weighted by molar-refractivity contribution is 0.283. The Morgan fingerprint density at radius 1 is 1.29 bits per heavy atom. The van der Waals surface area contributed by atoms with E-state index in [1.807, 2.05) is 25.1 Å². The molecule has 1 heterocycles. The maximum atomic E-state index is 13.7. The Morgan fingerprint density at radius 3 is 2.90 bits per heavy atom. The lowest BCUT2D eigenvalue weighted by atomic mass is 9.93. The van der Waals surface area contributed by atoms with Crippen LogP contribution >= 0.6 is 0 Å². The van der Waals surface area contributed by atoms with Crippen LogP contribution in [0.5, 0.6) is 5.75 Å². The molecule has 3 N–H and O–H groups in total. The zero-order chi connectivity index (χ0) is 14.8. The molecule has 2 aromatic carbocycles. The SMILES string of the molecule is Cc1cc(F)cc(C(NN)c2cccc3c2OCCC3)c1. The van der Waals surface area contributed by atoms with Gasteiger partial charge in [0.05, 0.1) is 12.6 Å². The van der Waals surface area contributed by atoms with Crippen molar-refractivity contribution in [2.45, 2.75) is 25.8 Å². The molecule has 0 aliphatic carbocycles. The topological polar surface area (TPSA) is 47.3 Å². The van der Waals surface area contributed by atoms with Gasteiger partial charge in [0.2, 0.25) is 0 Å². The molecule has 1 aliphatic heterocycles. The minimum Gasteiger partial charge on any atom is -0.493 e. The predicted octanol–water partition coefficient (Wildman–Crippen LogP) is 3.01. The highest BCUT2D eigenvalue weighted by molar-refractivity contribution is 5.48. The molecule has 0 bridgehead atoms. The predicted molar refractivity (Wildman–Crippen MR) is 80.6 cm³/mol. The van der Waals surface area contributed by atoms with Gasteiger partial charge in [0.1, 0.15) is 11.6 Å². The van der Waals surface area contributed by atoms with Crippen molar-refractivity contribution in [1.82, 2.24) is 5.43 Å². The second-order valence-corrected chi connectivity index (χ2v) is 5.45. The van der Waals surface area contributed by atoms with Gasteiger partial charge in [-0.3, -0.25) is 5.84 Å². The second kappa shape index (κ2) is 5.84. The van der Waals surface area contributed by atoms with Crippen molar-refractivity contribution in [1.29, 1.82) is 0 Å². The van der Waals surface area contributed by atoms with Crippen LogP contribution in [-0.2, 0) is 6.42 Å². The van der Waals surface area contributed by atoms with Gasteiger partial charge in [0, 0.05) is 5.56 Å². The number of hydrogen-bond donors (Lipinski definition) is 2. The molecule has 4 heteroatoms. The number of nitrogens with two attached hydrogens (primary N) is 1. The molecule has 1 atom stereocenters. The van der Waals surface area contributed by atoms with Gasteiger partial charge in [-0.25, -0.2) is 9.82 Å². The van der Waals surface area contributed by atoms with Crippen molar-refractivity contribution in [3.63, 3.8) is 0 Å². The van der Waals surface area contributed by atoms with Crippen molar-refractivity contribution >= 4 is 0 Å². The first kappa shape index (κ1) is 14.0. The first-order chi connectivity index (χ1) is 10.2. The number of ether oxygens (including phenoxy) is 1. The molecule has 0 saturated heterocycles. The Bertz CT molecular complexity index is 637. The fourth-order valence-electron chi connectivity index (χ4n) is 2.94. The summed E-state index contributed by atoms with van der Waals surface area (Å²) in [4.78, 5) is 0. The number of fused-ring (bicyclic) bond motifs is 1. The van der Waals surface area contributed by atoms with Crippen molar-refractivity contribution in [2.24, 2.45) is 5.84 Å². The molecule has 0 spiro atoms. The molecule has 1 aliphatic rings. The first-order valence-electron chi connectivity index (χ1n) is 7.17. The van der Waals surface area contributed by atoms with E-state index in [1.54, 1.807) is 0 Å². The average Bonchev–Trinajstić information content (AvgIpc) is 2.47. The van der Waals surface area contributed by atoms with Crippen LogP contribution in [0, 0.1) is 12.7 Å². The quantitative estimate of drug-likeness (QED) is 0.673. The number of aryl methyl sites for hydroxylation is 2. The highest BCUT2D eigenvalue weighted by atomic mass is 19.1. The summed E-state index contributed by atoms with van der Waals surface area (Å²) in [7, 11) is 0. The fraction of sp³-hybridized carbons (Fsp3) is 0.294. The van der Waals surface area contributed by atoms with Crippen molar-refractivity contribution < 1.29 is 9.13 Å². The van der Waals surface area contributed by atoms with E-state index in [0.717, 1.165) is 35.3 Å². The molecule has 1 unspecified atom stereocenters. The summed E-state index contributed by atoms with van der Waals surface area (Å²) >= 11 is 0. The van der Waals surface area contributed by atoms with Crippen LogP contribution in [0.2, 0.25) is 0 Å². The van der Waals surface area contributed by atoms with E-state index in [2.05, 4.69) is 11.5 Å². The molecule has 110 valence electrons. The molecule has 21 heavy (non-hydrogen) atoms. The summed E-state index contributed by atoms with van der Waals surface area (Å²) in [6.45, 7) is 2.58.